The third kappa shape index (κ3) is 5.57. The van der Waals surface area contributed by atoms with Gasteiger partial charge in [-0.2, -0.15) is 0 Å². The van der Waals surface area contributed by atoms with Crippen molar-refractivity contribution in [2.45, 2.75) is 6.92 Å². The molecule has 2 aromatic carbocycles. The molecule has 0 bridgehead atoms. The van der Waals surface area contributed by atoms with Gasteiger partial charge in [0, 0.05) is 6.54 Å². The van der Waals surface area contributed by atoms with Crippen molar-refractivity contribution in [1.82, 2.24) is 0 Å². The average molecular weight is 313 g/mol. The highest BCUT2D eigenvalue weighted by Crippen LogP contribution is 2.20. The number of carbonyl (C=O) groups excluding carboxylic acids is 1. The summed E-state index contributed by atoms with van der Waals surface area (Å²) in [6.07, 6.45) is 1.39. The molecule has 0 aliphatic rings. The highest BCUT2D eigenvalue weighted by atomic mass is 16.4. The number of aromatic carboxylic acids is 2. The van der Waals surface area contributed by atoms with Crippen LogP contribution in [0.1, 0.15) is 27.6 Å². The van der Waals surface area contributed by atoms with Crippen LogP contribution in [0.5, 0.6) is 0 Å². The van der Waals surface area contributed by atoms with Gasteiger partial charge in [-0.25, -0.2) is 19.4 Å². The van der Waals surface area contributed by atoms with Gasteiger partial charge in [-0.1, -0.05) is 24.3 Å². The summed E-state index contributed by atoms with van der Waals surface area (Å²) in [6, 6.07) is 12.8. The quantitative estimate of drug-likeness (QED) is 0.666. The third-order valence-electron chi connectivity index (χ3n) is 2.82. The van der Waals surface area contributed by atoms with Gasteiger partial charge in [0.25, 0.3) is 0 Å². The fourth-order valence-corrected chi connectivity index (χ4v) is 1.68. The summed E-state index contributed by atoms with van der Waals surface area (Å²) >= 11 is 0. The Kier molecular flexibility index (Phi) is 6.91. The number of isocyanates is 1. The van der Waals surface area contributed by atoms with Crippen molar-refractivity contribution in [3.05, 3.63) is 59.7 Å². The van der Waals surface area contributed by atoms with E-state index in [1.807, 2.05) is 0 Å². The second kappa shape index (κ2) is 8.92. The molecule has 2 rings (SSSR count). The van der Waals surface area contributed by atoms with Crippen LogP contribution in [0.2, 0.25) is 0 Å². The SMILES string of the molecule is CCN=C=O.O=C(O)c1ccc(-c2ccc(C(=O)O)cc2)cc1. The molecule has 0 amide bonds. The predicted molar refractivity (Wildman–Crippen MR) is 84.5 cm³/mol. The molecule has 0 aliphatic carbocycles. The number of hydrogen-bond acceptors (Lipinski definition) is 4. The zero-order chi connectivity index (χ0) is 17.2. The molecule has 0 radical (unpaired) electrons. The number of nitrogens with zero attached hydrogens (tertiary/aromatic N) is 1. The van der Waals surface area contributed by atoms with E-state index in [-0.39, 0.29) is 11.1 Å². The fourth-order valence-electron chi connectivity index (χ4n) is 1.68. The molecule has 2 aromatic rings. The Morgan fingerprint density at radius 1 is 0.870 bits per heavy atom. The second-order valence-electron chi connectivity index (χ2n) is 4.33. The van der Waals surface area contributed by atoms with Gasteiger partial charge in [0.1, 0.15) is 0 Å². The maximum atomic E-state index is 10.7. The maximum absolute atomic E-state index is 10.7. The van der Waals surface area contributed by atoms with Crippen molar-refractivity contribution >= 4 is 18.0 Å². The molecule has 0 saturated heterocycles. The summed E-state index contributed by atoms with van der Waals surface area (Å²) in [4.78, 5) is 33.7. The van der Waals surface area contributed by atoms with E-state index in [0.717, 1.165) is 11.1 Å². The number of benzene rings is 2. The molecule has 0 unspecified atom stereocenters. The lowest BCUT2D eigenvalue weighted by molar-refractivity contribution is 0.0686. The van der Waals surface area contributed by atoms with E-state index in [9.17, 15) is 9.59 Å². The lowest BCUT2D eigenvalue weighted by atomic mass is 10.0. The summed E-state index contributed by atoms with van der Waals surface area (Å²) in [7, 11) is 0. The number of carboxylic acid groups (broad SMARTS) is 2. The molecular formula is C17H15NO5. The molecule has 6 nitrogen and oxygen atoms in total. The first kappa shape index (κ1) is 17.8. The van der Waals surface area contributed by atoms with E-state index in [1.165, 1.54) is 30.3 Å². The maximum Gasteiger partial charge on any atom is 0.335 e. The minimum atomic E-state index is -0.970. The molecule has 6 heteroatoms. The van der Waals surface area contributed by atoms with E-state index in [2.05, 4.69) is 4.99 Å². The zero-order valence-electron chi connectivity index (χ0n) is 12.4. The van der Waals surface area contributed by atoms with Gasteiger partial charge in [0.2, 0.25) is 6.08 Å². The Morgan fingerprint density at radius 2 is 1.22 bits per heavy atom. The van der Waals surface area contributed by atoms with Crippen LogP contribution in [0.15, 0.2) is 53.5 Å². The minimum absolute atomic E-state index is 0.223. The number of carboxylic acids is 2. The van der Waals surface area contributed by atoms with E-state index >= 15 is 0 Å². The number of hydrogen-bond donors (Lipinski definition) is 2. The van der Waals surface area contributed by atoms with E-state index in [1.54, 1.807) is 31.2 Å². The molecule has 0 heterocycles. The summed E-state index contributed by atoms with van der Waals surface area (Å²) in [6.45, 7) is 2.33. The molecule has 23 heavy (non-hydrogen) atoms. The topological polar surface area (TPSA) is 104 Å². The Hall–Kier alpha value is -3.24. The average Bonchev–Trinajstić information content (AvgIpc) is 2.56. The Bertz CT molecular complexity index is 658. The van der Waals surface area contributed by atoms with Gasteiger partial charge >= 0.3 is 11.9 Å². The van der Waals surface area contributed by atoms with Gasteiger partial charge in [0.15, 0.2) is 0 Å². The van der Waals surface area contributed by atoms with Crippen molar-refractivity contribution in [3.63, 3.8) is 0 Å². The van der Waals surface area contributed by atoms with Crippen molar-refractivity contribution in [1.29, 1.82) is 0 Å². The highest BCUT2D eigenvalue weighted by Gasteiger charge is 2.05. The Morgan fingerprint density at radius 3 is 1.39 bits per heavy atom. The molecule has 0 aliphatic heterocycles. The van der Waals surface area contributed by atoms with Gasteiger partial charge in [0.05, 0.1) is 11.1 Å². The minimum Gasteiger partial charge on any atom is -0.478 e. The van der Waals surface area contributed by atoms with E-state index < -0.39 is 11.9 Å². The van der Waals surface area contributed by atoms with Crippen molar-refractivity contribution in [3.8, 4) is 11.1 Å². The molecule has 0 atom stereocenters. The van der Waals surface area contributed by atoms with Gasteiger partial charge < -0.3 is 10.2 Å². The largest absolute Gasteiger partial charge is 0.478 e. The number of aliphatic imine (C=N–C) groups is 1. The van der Waals surface area contributed by atoms with E-state index in [4.69, 9.17) is 15.0 Å². The van der Waals surface area contributed by atoms with Crippen LogP contribution in [0, 0.1) is 0 Å². The third-order valence-corrected chi connectivity index (χ3v) is 2.82. The van der Waals surface area contributed by atoms with Gasteiger partial charge in [-0.15, -0.1) is 0 Å². The highest BCUT2D eigenvalue weighted by molar-refractivity contribution is 5.89. The molecule has 0 saturated carbocycles. The van der Waals surface area contributed by atoms with Crippen LogP contribution in [0.4, 0.5) is 0 Å². The van der Waals surface area contributed by atoms with Crippen LogP contribution >= 0.6 is 0 Å². The first-order valence-corrected chi connectivity index (χ1v) is 6.70. The Balaban J connectivity index is 0.000000463. The fraction of sp³-hybridized carbons (Fsp3) is 0.118. The van der Waals surface area contributed by atoms with Crippen molar-refractivity contribution in [2.24, 2.45) is 4.99 Å². The van der Waals surface area contributed by atoms with Crippen LogP contribution in [-0.4, -0.2) is 34.8 Å². The molecule has 118 valence electrons. The van der Waals surface area contributed by atoms with Crippen LogP contribution in [-0.2, 0) is 4.79 Å². The molecule has 0 fully saturated rings. The zero-order valence-corrected chi connectivity index (χ0v) is 12.4. The number of rotatable bonds is 4. The normalized spacial score (nSPS) is 9.09. The molecule has 2 N–H and O–H groups in total. The lowest BCUT2D eigenvalue weighted by Crippen LogP contribution is -1.96. The van der Waals surface area contributed by atoms with Gasteiger partial charge in [-0.3, -0.25) is 0 Å². The lowest BCUT2D eigenvalue weighted by Gasteiger charge is -2.03. The summed E-state index contributed by atoms with van der Waals surface area (Å²) in [5, 5.41) is 17.6. The van der Waals surface area contributed by atoms with Crippen LogP contribution in [0.25, 0.3) is 11.1 Å². The first-order chi connectivity index (χ1) is 11.0. The smallest absolute Gasteiger partial charge is 0.335 e. The molecule has 0 spiro atoms. The second-order valence-corrected chi connectivity index (χ2v) is 4.33. The monoisotopic (exact) mass is 313 g/mol. The van der Waals surface area contributed by atoms with E-state index in [0.29, 0.717) is 6.54 Å². The molecular weight excluding hydrogens is 298 g/mol. The molecule has 0 aromatic heterocycles. The van der Waals surface area contributed by atoms with Gasteiger partial charge in [-0.05, 0) is 42.3 Å². The number of carbonyl (C=O) groups is 2. The van der Waals surface area contributed by atoms with Crippen molar-refractivity contribution in [2.75, 3.05) is 6.54 Å². The standard InChI is InChI=1S/C14H10O4.C3H5NO/c15-13(16)11-5-1-9(2-6-11)10-3-7-12(8-4-10)14(17)18;1-2-4-3-5/h1-8H,(H,15,16)(H,17,18);2H2,1H3. The van der Waals surface area contributed by atoms with Crippen molar-refractivity contribution < 1.29 is 24.6 Å². The summed E-state index contributed by atoms with van der Waals surface area (Å²) < 4.78 is 0. The van der Waals surface area contributed by atoms with Crippen LogP contribution < -0.4 is 0 Å². The van der Waals surface area contributed by atoms with Crippen LogP contribution in [0.3, 0.4) is 0 Å². The summed E-state index contributed by atoms with van der Waals surface area (Å²) in [5.74, 6) is -1.94. The predicted octanol–water partition coefficient (Wildman–Crippen LogP) is 3.09. The summed E-state index contributed by atoms with van der Waals surface area (Å²) in [5.41, 5.74) is 2.13. The Labute approximate surface area is 132 Å². The first-order valence-electron chi connectivity index (χ1n) is 6.70.